The van der Waals surface area contributed by atoms with Crippen molar-refractivity contribution in [3.8, 4) is 11.5 Å². The minimum absolute atomic E-state index is 0.126. The fourth-order valence-corrected chi connectivity index (χ4v) is 3.34. The molecule has 0 aliphatic carbocycles. The van der Waals surface area contributed by atoms with E-state index in [1.165, 1.54) is 0 Å². The Balaban J connectivity index is 1.75. The summed E-state index contributed by atoms with van der Waals surface area (Å²) in [6.45, 7) is 7.81. The molecule has 2 aromatic carbocycles. The molecule has 1 amide bonds. The van der Waals surface area contributed by atoms with Gasteiger partial charge in [-0.3, -0.25) is 4.79 Å². The molecule has 1 heterocycles. The largest absolute Gasteiger partial charge is 0.487 e. The number of para-hydroxylation sites is 1. The molecule has 0 saturated carbocycles. The molecular weight excluding hydrogens is 350 g/mol. The molecule has 1 aliphatic heterocycles. The van der Waals surface area contributed by atoms with Crippen LogP contribution in [-0.4, -0.2) is 17.6 Å². The minimum atomic E-state index is -0.658. The third-order valence-corrected chi connectivity index (χ3v) is 4.76. The highest BCUT2D eigenvalue weighted by Gasteiger charge is 2.35. The highest BCUT2D eigenvalue weighted by atomic mass is 35.5. The number of amides is 1. The number of rotatable bonds is 4. The van der Waals surface area contributed by atoms with Crippen LogP contribution in [0.2, 0.25) is 5.02 Å². The Hall–Kier alpha value is -2.20. The zero-order chi connectivity index (χ0) is 18.9. The van der Waals surface area contributed by atoms with Crippen LogP contribution in [0.15, 0.2) is 42.5 Å². The van der Waals surface area contributed by atoms with E-state index in [2.05, 4.69) is 5.32 Å². The van der Waals surface area contributed by atoms with Gasteiger partial charge in [-0.15, -0.1) is 0 Å². The van der Waals surface area contributed by atoms with Crippen LogP contribution < -0.4 is 14.8 Å². The molecule has 4 nitrogen and oxygen atoms in total. The quantitative estimate of drug-likeness (QED) is 0.834. The van der Waals surface area contributed by atoms with Crippen molar-refractivity contribution < 1.29 is 14.3 Å². The van der Waals surface area contributed by atoms with E-state index in [4.69, 9.17) is 21.1 Å². The zero-order valence-electron chi connectivity index (χ0n) is 15.5. The molecule has 0 fully saturated rings. The van der Waals surface area contributed by atoms with Gasteiger partial charge in [0.25, 0.3) is 5.91 Å². The van der Waals surface area contributed by atoms with Gasteiger partial charge in [0.05, 0.1) is 11.1 Å². The summed E-state index contributed by atoms with van der Waals surface area (Å²) in [4.78, 5) is 12.7. The summed E-state index contributed by atoms with van der Waals surface area (Å²) >= 11 is 6.11. The van der Waals surface area contributed by atoms with Gasteiger partial charge in [-0.25, -0.2) is 0 Å². The van der Waals surface area contributed by atoms with Crippen LogP contribution in [0.25, 0.3) is 0 Å². The Bertz CT molecular complexity index is 819. The van der Waals surface area contributed by atoms with E-state index in [9.17, 15) is 4.79 Å². The van der Waals surface area contributed by atoms with Crippen LogP contribution in [0.1, 0.15) is 44.4 Å². The van der Waals surface area contributed by atoms with Crippen LogP contribution in [0, 0.1) is 6.92 Å². The Labute approximate surface area is 159 Å². The summed E-state index contributed by atoms with van der Waals surface area (Å²) in [5, 5.41) is 3.59. The Morgan fingerprint density at radius 2 is 2.04 bits per heavy atom. The number of ether oxygens (including phenoxy) is 2. The summed E-state index contributed by atoms with van der Waals surface area (Å²) < 4.78 is 11.8. The van der Waals surface area contributed by atoms with Crippen molar-refractivity contribution in [3.05, 3.63) is 58.6 Å². The van der Waals surface area contributed by atoms with Crippen molar-refractivity contribution in [2.75, 3.05) is 0 Å². The number of fused-ring (bicyclic) bond motifs is 1. The average molecular weight is 374 g/mol. The number of carbonyl (C=O) groups is 1. The summed E-state index contributed by atoms with van der Waals surface area (Å²) in [5.41, 5.74) is 1.76. The average Bonchev–Trinajstić information content (AvgIpc) is 2.55. The van der Waals surface area contributed by atoms with Gasteiger partial charge in [-0.2, -0.15) is 0 Å². The zero-order valence-corrected chi connectivity index (χ0v) is 16.3. The molecule has 1 aliphatic rings. The fraction of sp³-hybridized carbons (Fsp3) is 0.381. The van der Waals surface area contributed by atoms with Crippen LogP contribution in [0.3, 0.4) is 0 Å². The van der Waals surface area contributed by atoms with Gasteiger partial charge in [0.1, 0.15) is 17.1 Å². The van der Waals surface area contributed by atoms with Crippen molar-refractivity contribution in [3.63, 3.8) is 0 Å². The van der Waals surface area contributed by atoms with Crippen LogP contribution in [0.5, 0.6) is 11.5 Å². The number of aryl methyl sites for hydroxylation is 1. The molecule has 1 N–H and O–H groups in total. The van der Waals surface area contributed by atoms with E-state index < -0.39 is 6.10 Å². The van der Waals surface area contributed by atoms with Crippen LogP contribution in [-0.2, 0) is 4.79 Å². The van der Waals surface area contributed by atoms with E-state index in [1.807, 2.05) is 51.1 Å². The lowest BCUT2D eigenvalue weighted by Crippen LogP contribution is -2.44. The number of carbonyl (C=O) groups excluding carboxylic acids is 1. The molecular formula is C21H24ClNO3. The van der Waals surface area contributed by atoms with E-state index in [1.54, 1.807) is 19.1 Å². The molecule has 5 heteroatoms. The number of halogens is 1. The smallest absolute Gasteiger partial charge is 0.261 e. The standard InChI is InChI=1S/C21H24ClNO3/c1-13-9-10-15-17(12-21(3,4)26-19(15)11-13)23-20(24)14(2)25-18-8-6-5-7-16(18)22/h5-11,14,17H,12H2,1-4H3,(H,23,24)/t14-,17-/m0/s1. The maximum Gasteiger partial charge on any atom is 0.261 e. The Morgan fingerprint density at radius 3 is 2.77 bits per heavy atom. The Morgan fingerprint density at radius 1 is 1.31 bits per heavy atom. The highest BCUT2D eigenvalue weighted by molar-refractivity contribution is 6.32. The van der Waals surface area contributed by atoms with E-state index in [-0.39, 0.29) is 17.6 Å². The monoisotopic (exact) mass is 373 g/mol. The van der Waals surface area contributed by atoms with E-state index >= 15 is 0 Å². The summed E-state index contributed by atoms with van der Waals surface area (Å²) in [6, 6.07) is 13.1. The summed E-state index contributed by atoms with van der Waals surface area (Å²) in [6.07, 6.45) is 0.0305. The predicted molar refractivity (Wildman–Crippen MR) is 103 cm³/mol. The van der Waals surface area contributed by atoms with E-state index in [0.29, 0.717) is 17.2 Å². The molecule has 3 rings (SSSR count). The topological polar surface area (TPSA) is 47.6 Å². The van der Waals surface area contributed by atoms with Gasteiger partial charge in [0.15, 0.2) is 6.10 Å². The molecule has 26 heavy (non-hydrogen) atoms. The molecule has 0 bridgehead atoms. The van der Waals surface area contributed by atoms with Crippen LogP contribution in [0.4, 0.5) is 0 Å². The van der Waals surface area contributed by atoms with Gasteiger partial charge in [0, 0.05) is 12.0 Å². The van der Waals surface area contributed by atoms with Gasteiger partial charge in [0.2, 0.25) is 0 Å². The first-order chi connectivity index (χ1) is 12.2. The molecule has 138 valence electrons. The summed E-state index contributed by atoms with van der Waals surface area (Å²) in [7, 11) is 0. The first-order valence-corrected chi connectivity index (χ1v) is 9.14. The maximum atomic E-state index is 12.7. The summed E-state index contributed by atoms with van der Waals surface area (Å²) in [5.74, 6) is 1.14. The number of benzene rings is 2. The predicted octanol–water partition coefficient (Wildman–Crippen LogP) is 4.83. The molecule has 0 unspecified atom stereocenters. The highest BCUT2D eigenvalue weighted by Crippen LogP contribution is 2.40. The van der Waals surface area contributed by atoms with Crippen molar-refractivity contribution in [1.29, 1.82) is 0 Å². The first kappa shape index (κ1) is 18.6. The van der Waals surface area contributed by atoms with Crippen LogP contribution >= 0.6 is 11.6 Å². The molecule has 2 atom stereocenters. The Kier molecular flexibility index (Phi) is 5.15. The fourth-order valence-electron chi connectivity index (χ4n) is 3.16. The molecule has 2 aromatic rings. The second-order valence-electron chi connectivity index (χ2n) is 7.36. The van der Waals surface area contributed by atoms with Gasteiger partial charge in [-0.05, 0) is 51.5 Å². The van der Waals surface area contributed by atoms with Crippen molar-refractivity contribution in [2.45, 2.75) is 51.9 Å². The van der Waals surface area contributed by atoms with E-state index in [0.717, 1.165) is 16.9 Å². The van der Waals surface area contributed by atoms with Crippen molar-refractivity contribution >= 4 is 17.5 Å². The lowest BCUT2D eigenvalue weighted by Gasteiger charge is -2.38. The molecule has 0 saturated heterocycles. The number of hydrogen-bond donors (Lipinski definition) is 1. The lowest BCUT2D eigenvalue weighted by atomic mass is 9.89. The second-order valence-corrected chi connectivity index (χ2v) is 7.77. The number of hydrogen-bond acceptors (Lipinski definition) is 3. The molecule has 0 radical (unpaired) electrons. The first-order valence-electron chi connectivity index (χ1n) is 8.76. The normalized spacial score (nSPS) is 19.0. The SMILES string of the molecule is Cc1ccc2c(c1)OC(C)(C)C[C@@H]2NC(=O)[C@H](C)Oc1ccccc1Cl. The maximum absolute atomic E-state index is 12.7. The van der Waals surface area contributed by atoms with Crippen molar-refractivity contribution in [2.24, 2.45) is 0 Å². The minimum Gasteiger partial charge on any atom is -0.487 e. The van der Waals surface area contributed by atoms with Gasteiger partial charge in [-0.1, -0.05) is 35.9 Å². The third-order valence-electron chi connectivity index (χ3n) is 4.45. The third kappa shape index (κ3) is 4.13. The van der Waals surface area contributed by atoms with Gasteiger partial charge >= 0.3 is 0 Å². The lowest BCUT2D eigenvalue weighted by molar-refractivity contribution is -0.128. The number of nitrogens with one attached hydrogen (secondary N) is 1. The van der Waals surface area contributed by atoms with Crippen molar-refractivity contribution in [1.82, 2.24) is 5.32 Å². The van der Waals surface area contributed by atoms with Gasteiger partial charge < -0.3 is 14.8 Å². The second kappa shape index (κ2) is 7.20. The molecule has 0 spiro atoms. The molecule has 0 aromatic heterocycles.